The lowest BCUT2D eigenvalue weighted by atomic mass is 9.90. The predicted molar refractivity (Wildman–Crippen MR) is 131 cm³/mol. The first-order valence-electron chi connectivity index (χ1n) is 12.1. The number of nitrogens with two attached hydrogens (primary N) is 1. The summed E-state index contributed by atoms with van der Waals surface area (Å²) in [6.07, 6.45) is 3.66. The van der Waals surface area contributed by atoms with Crippen molar-refractivity contribution < 1.29 is 13.9 Å². The van der Waals surface area contributed by atoms with E-state index in [9.17, 15) is 14.4 Å². The van der Waals surface area contributed by atoms with Crippen molar-refractivity contribution in [3.63, 3.8) is 0 Å². The lowest BCUT2D eigenvalue weighted by Crippen LogP contribution is -2.50. The summed E-state index contributed by atoms with van der Waals surface area (Å²) in [6.45, 7) is 1.18. The minimum Gasteiger partial charge on any atom is -0.372 e. The van der Waals surface area contributed by atoms with Crippen molar-refractivity contribution in [3.8, 4) is 28.3 Å². The van der Waals surface area contributed by atoms with Crippen LogP contribution in [0, 0.1) is 17.1 Å². The predicted octanol–water partition coefficient (Wildman–Crippen LogP) is 5.16. The Morgan fingerprint density at radius 2 is 1.66 bits per heavy atom. The van der Waals surface area contributed by atoms with E-state index in [1.807, 2.05) is 35.2 Å². The van der Waals surface area contributed by atoms with E-state index in [0.717, 1.165) is 47.9 Å². The van der Waals surface area contributed by atoms with Gasteiger partial charge in [-0.25, -0.2) is 4.39 Å². The Labute approximate surface area is 203 Å². The highest BCUT2D eigenvalue weighted by molar-refractivity contribution is 5.98. The molecule has 176 valence electrons. The number of piperidine rings is 1. The maximum Gasteiger partial charge on any atom is 0.254 e. The number of fused-ring (bicyclic) bond motifs is 3. The second-order valence-corrected chi connectivity index (χ2v) is 9.87. The molecule has 3 aromatic rings. The molecule has 2 N–H and O–H groups in total. The van der Waals surface area contributed by atoms with Gasteiger partial charge in [0.25, 0.3) is 5.91 Å². The third kappa shape index (κ3) is 3.81. The minimum atomic E-state index is -0.571. The monoisotopic (exact) mass is 467 g/mol. The van der Waals surface area contributed by atoms with E-state index < -0.39 is 5.82 Å². The van der Waals surface area contributed by atoms with Crippen LogP contribution in [0.2, 0.25) is 0 Å². The number of benzene rings is 3. The number of carbonyl (C=O) groups is 1. The summed E-state index contributed by atoms with van der Waals surface area (Å²) in [7, 11) is 0. The van der Waals surface area contributed by atoms with Crippen molar-refractivity contribution >= 4 is 5.91 Å². The molecule has 0 aliphatic carbocycles. The second-order valence-electron chi connectivity index (χ2n) is 9.87. The summed E-state index contributed by atoms with van der Waals surface area (Å²) in [5.41, 5.74) is 12.4. The minimum absolute atomic E-state index is 0.00144. The zero-order valence-electron chi connectivity index (χ0n) is 19.3. The molecule has 6 heteroatoms. The summed E-state index contributed by atoms with van der Waals surface area (Å²) < 4.78 is 20.2. The van der Waals surface area contributed by atoms with Crippen LogP contribution in [-0.2, 0) is 18.0 Å². The van der Waals surface area contributed by atoms with Crippen LogP contribution in [-0.4, -0.2) is 28.9 Å². The standard InChI is InChI=1S/C29H26FN3O2/c30-28-11-18(1-3-20(28)14-31)27-10-19(29(34)33-24-6-7-25(33)13-23(32)12-24)5-8-26(27)17-2-4-21-15-35-16-22(21)9-17/h1-5,8-11,23-25H,6-7,12-13,15-16,32H2/t23-,24+,25-. The van der Waals surface area contributed by atoms with Crippen molar-refractivity contribution in [1.82, 2.24) is 4.90 Å². The summed E-state index contributed by atoms with van der Waals surface area (Å²) >= 11 is 0. The fraction of sp³-hybridized carbons (Fsp3) is 0.310. The Balaban J connectivity index is 1.45. The smallest absolute Gasteiger partial charge is 0.254 e. The normalized spacial score (nSPS) is 22.7. The number of amides is 1. The molecular weight excluding hydrogens is 441 g/mol. The Bertz CT molecular complexity index is 1360. The number of ether oxygens (including phenoxy) is 1. The summed E-state index contributed by atoms with van der Waals surface area (Å²) in [5, 5.41) is 9.18. The average molecular weight is 468 g/mol. The van der Waals surface area contributed by atoms with Crippen molar-refractivity contribution in [2.45, 2.75) is 57.0 Å². The highest BCUT2D eigenvalue weighted by Gasteiger charge is 2.42. The molecule has 3 atom stereocenters. The van der Waals surface area contributed by atoms with E-state index in [1.54, 1.807) is 6.07 Å². The van der Waals surface area contributed by atoms with Crippen molar-refractivity contribution in [2.24, 2.45) is 5.73 Å². The van der Waals surface area contributed by atoms with E-state index in [2.05, 4.69) is 12.1 Å². The first-order chi connectivity index (χ1) is 17.0. The quantitative estimate of drug-likeness (QED) is 0.577. The van der Waals surface area contributed by atoms with E-state index in [1.165, 1.54) is 17.7 Å². The van der Waals surface area contributed by atoms with Gasteiger partial charge in [0.2, 0.25) is 0 Å². The molecule has 3 aliphatic rings. The van der Waals surface area contributed by atoms with Crippen LogP contribution in [0.4, 0.5) is 4.39 Å². The topological polar surface area (TPSA) is 79.4 Å². The first kappa shape index (κ1) is 22.0. The van der Waals surface area contributed by atoms with Gasteiger partial charge in [0.15, 0.2) is 0 Å². The molecule has 0 spiro atoms. The number of hydrogen-bond donors (Lipinski definition) is 1. The summed E-state index contributed by atoms with van der Waals surface area (Å²) in [6, 6.07) is 18.9. The molecule has 3 aromatic carbocycles. The van der Waals surface area contributed by atoms with E-state index in [-0.39, 0.29) is 29.6 Å². The molecule has 2 saturated heterocycles. The molecule has 2 bridgehead atoms. The lowest BCUT2D eigenvalue weighted by molar-refractivity contribution is 0.0575. The molecule has 0 unspecified atom stereocenters. The fourth-order valence-corrected chi connectivity index (χ4v) is 5.98. The summed E-state index contributed by atoms with van der Waals surface area (Å²) in [5.74, 6) is -0.563. The van der Waals surface area contributed by atoms with Crippen molar-refractivity contribution in [1.29, 1.82) is 5.26 Å². The maximum absolute atomic E-state index is 14.6. The molecule has 6 rings (SSSR count). The van der Waals surface area contributed by atoms with E-state index in [0.29, 0.717) is 24.3 Å². The van der Waals surface area contributed by atoms with Crippen molar-refractivity contribution in [3.05, 3.63) is 82.7 Å². The van der Waals surface area contributed by atoms with Crippen LogP contribution in [0.3, 0.4) is 0 Å². The third-order valence-electron chi connectivity index (χ3n) is 7.70. The van der Waals surface area contributed by atoms with Gasteiger partial charge >= 0.3 is 0 Å². The van der Waals surface area contributed by atoms with Gasteiger partial charge in [-0.05, 0) is 89.4 Å². The average Bonchev–Trinajstić information content (AvgIpc) is 3.44. The molecule has 3 aliphatic heterocycles. The molecule has 1 amide bonds. The highest BCUT2D eigenvalue weighted by atomic mass is 19.1. The first-order valence-corrected chi connectivity index (χ1v) is 12.1. The second kappa shape index (κ2) is 8.60. The van der Waals surface area contributed by atoms with Gasteiger partial charge in [0, 0.05) is 23.7 Å². The Morgan fingerprint density at radius 3 is 2.40 bits per heavy atom. The molecule has 2 fully saturated rings. The highest BCUT2D eigenvalue weighted by Crippen LogP contribution is 2.39. The van der Waals surface area contributed by atoms with Crippen LogP contribution in [0.1, 0.15) is 52.7 Å². The van der Waals surface area contributed by atoms with Crippen LogP contribution in [0.25, 0.3) is 22.3 Å². The van der Waals surface area contributed by atoms with Crippen LogP contribution in [0.15, 0.2) is 54.6 Å². The number of halogens is 1. The maximum atomic E-state index is 14.6. The fourth-order valence-electron chi connectivity index (χ4n) is 5.98. The van der Waals surface area contributed by atoms with Gasteiger partial charge in [-0.1, -0.05) is 24.3 Å². The van der Waals surface area contributed by atoms with Gasteiger partial charge in [-0.15, -0.1) is 0 Å². The van der Waals surface area contributed by atoms with Gasteiger partial charge in [-0.2, -0.15) is 5.26 Å². The Morgan fingerprint density at radius 1 is 0.943 bits per heavy atom. The summed E-state index contributed by atoms with van der Waals surface area (Å²) in [4.78, 5) is 15.7. The largest absolute Gasteiger partial charge is 0.372 e. The third-order valence-corrected chi connectivity index (χ3v) is 7.70. The molecule has 0 saturated carbocycles. The van der Waals surface area contributed by atoms with Crippen LogP contribution < -0.4 is 5.73 Å². The zero-order chi connectivity index (χ0) is 24.1. The van der Waals surface area contributed by atoms with Gasteiger partial charge in [0.1, 0.15) is 11.9 Å². The number of carbonyl (C=O) groups excluding carboxylic acids is 1. The van der Waals surface area contributed by atoms with Crippen molar-refractivity contribution in [2.75, 3.05) is 0 Å². The molecule has 35 heavy (non-hydrogen) atoms. The molecule has 3 heterocycles. The Hall–Kier alpha value is -3.53. The van der Waals surface area contributed by atoms with Crippen LogP contribution in [0.5, 0.6) is 0 Å². The number of rotatable bonds is 3. The molecule has 5 nitrogen and oxygen atoms in total. The molecule has 0 aromatic heterocycles. The van der Waals surface area contributed by atoms with E-state index >= 15 is 0 Å². The van der Waals surface area contributed by atoms with Crippen LogP contribution >= 0.6 is 0 Å². The number of hydrogen-bond acceptors (Lipinski definition) is 4. The number of nitrogens with zero attached hydrogens (tertiary/aromatic N) is 2. The zero-order valence-corrected chi connectivity index (χ0v) is 19.3. The lowest BCUT2D eigenvalue weighted by Gasteiger charge is -2.38. The Kier molecular flexibility index (Phi) is 5.40. The molecular formula is C29H26FN3O2. The SMILES string of the molecule is N#Cc1ccc(-c2cc(C(=O)N3[C@@H]4CC[C@H]3C[C@@H](N)C4)ccc2-c2ccc3c(c2)COC3)cc1F. The molecule has 0 radical (unpaired) electrons. The number of nitriles is 1. The van der Waals surface area contributed by atoms with Gasteiger partial charge < -0.3 is 15.4 Å². The van der Waals surface area contributed by atoms with Gasteiger partial charge in [-0.3, -0.25) is 4.79 Å². The van der Waals surface area contributed by atoms with E-state index in [4.69, 9.17) is 10.5 Å². The van der Waals surface area contributed by atoms with Gasteiger partial charge in [0.05, 0.1) is 18.8 Å².